The molecule has 1 aromatic rings. The lowest BCUT2D eigenvalue weighted by molar-refractivity contribution is -0.140. The normalized spacial score (nSPS) is 18.3. The van der Waals surface area contributed by atoms with E-state index in [0.717, 1.165) is 25.9 Å². The Hall–Kier alpha value is -1.82. The van der Waals surface area contributed by atoms with Gasteiger partial charge in [-0.2, -0.15) is 0 Å². The second kappa shape index (κ2) is 6.52. The molecule has 0 bridgehead atoms. The molecule has 1 unspecified atom stereocenters. The van der Waals surface area contributed by atoms with Crippen LogP contribution in [-0.4, -0.2) is 38.7 Å². The Morgan fingerprint density at radius 1 is 1.41 bits per heavy atom. The van der Waals surface area contributed by atoms with Gasteiger partial charge in [0, 0.05) is 18.3 Å². The summed E-state index contributed by atoms with van der Waals surface area (Å²) in [6.45, 7) is 7.65. The highest BCUT2D eigenvalue weighted by Gasteiger charge is 2.24. The van der Waals surface area contributed by atoms with Crippen LogP contribution in [0.4, 0.5) is 0 Å². The Morgan fingerprint density at radius 2 is 2.00 bits per heavy atom. The molecule has 22 heavy (non-hydrogen) atoms. The minimum atomic E-state index is -0.986. The number of piperidine rings is 1. The first kappa shape index (κ1) is 16.5. The molecule has 1 atom stereocenters. The van der Waals surface area contributed by atoms with Crippen LogP contribution in [0.15, 0.2) is 10.9 Å². The lowest BCUT2D eigenvalue weighted by Crippen LogP contribution is -2.35. The van der Waals surface area contributed by atoms with Crippen LogP contribution < -0.4 is 5.43 Å². The van der Waals surface area contributed by atoms with Crippen LogP contribution in [0.5, 0.6) is 5.75 Å². The third kappa shape index (κ3) is 3.32. The summed E-state index contributed by atoms with van der Waals surface area (Å²) in [4.78, 5) is 25.4. The number of carbonyl (C=O) groups is 1. The maximum Gasteiger partial charge on any atom is 0.326 e. The monoisotopic (exact) mass is 308 g/mol. The number of aromatic nitrogens is 1. The molecule has 122 valence electrons. The van der Waals surface area contributed by atoms with Crippen molar-refractivity contribution in [1.29, 1.82) is 0 Å². The maximum atomic E-state index is 11.9. The van der Waals surface area contributed by atoms with E-state index in [0.29, 0.717) is 23.9 Å². The molecule has 0 radical (unpaired) electrons. The van der Waals surface area contributed by atoms with Gasteiger partial charge in [-0.25, -0.2) is 4.79 Å². The summed E-state index contributed by atoms with van der Waals surface area (Å²) in [6, 6.07) is 0.460. The van der Waals surface area contributed by atoms with Crippen LogP contribution in [-0.2, 0) is 11.3 Å². The molecule has 1 aliphatic rings. The molecule has 0 aromatic carbocycles. The van der Waals surface area contributed by atoms with Crippen LogP contribution in [0.3, 0.4) is 0 Å². The van der Waals surface area contributed by atoms with Crippen molar-refractivity contribution in [2.24, 2.45) is 5.92 Å². The van der Waals surface area contributed by atoms with Gasteiger partial charge in [0.05, 0.1) is 5.69 Å². The summed E-state index contributed by atoms with van der Waals surface area (Å²) in [5.41, 5.74) is 0.499. The number of nitrogens with zero attached hydrogens (tertiary/aromatic N) is 2. The molecule has 1 aliphatic heterocycles. The van der Waals surface area contributed by atoms with Crippen LogP contribution >= 0.6 is 0 Å². The van der Waals surface area contributed by atoms with Gasteiger partial charge >= 0.3 is 5.97 Å². The van der Waals surface area contributed by atoms with Crippen molar-refractivity contribution in [2.75, 3.05) is 13.1 Å². The zero-order chi connectivity index (χ0) is 16.4. The first-order chi connectivity index (χ1) is 10.3. The van der Waals surface area contributed by atoms with Gasteiger partial charge in [-0.3, -0.25) is 9.69 Å². The second-order valence-electron chi connectivity index (χ2n) is 6.29. The van der Waals surface area contributed by atoms with Crippen LogP contribution in [0.1, 0.15) is 44.1 Å². The summed E-state index contributed by atoms with van der Waals surface area (Å²) >= 11 is 0. The largest absolute Gasteiger partial charge is 0.503 e. The van der Waals surface area contributed by atoms with Gasteiger partial charge in [0.2, 0.25) is 5.43 Å². The van der Waals surface area contributed by atoms with Crippen molar-refractivity contribution in [1.82, 2.24) is 9.47 Å². The lowest BCUT2D eigenvalue weighted by Gasteiger charge is -2.32. The fourth-order valence-electron chi connectivity index (χ4n) is 3.03. The van der Waals surface area contributed by atoms with E-state index in [9.17, 15) is 19.8 Å². The topological polar surface area (TPSA) is 82.8 Å². The first-order valence-corrected chi connectivity index (χ1v) is 7.70. The van der Waals surface area contributed by atoms with Gasteiger partial charge in [0.15, 0.2) is 5.75 Å². The molecule has 6 nitrogen and oxygen atoms in total. The molecule has 0 aliphatic carbocycles. The number of pyridine rings is 1. The summed E-state index contributed by atoms with van der Waals surface area (Å²) < 4.78 is 1.55. The highest BCUT2D eigenvalue weighted by atomic mass is 16.4. The van der Waals surface area contributed by atoms with Gasteiger partial charge in [-0.1, -0.05) is 6.92 Å². The maximum absolute atomic E-state index is 11.9. The van der Waals surface area contributed by atoms with Crippen LogP contribution in [0, 0.1) is 12.8 Å². The number of carboxylic acid groups (broad SMARTS) is 1. The zero-order valence-electron chi connectivity index (χ0n) is 13.4. The summed E-state index contributed by atoms with van der Waals surface area (Å²) in [7, 11) is 0. The average molecular weight is 308 g/mol. The van der Waals surface area contributed by atoms with Crippen molar-refractivity contribution >= 4 is 5.97 Å². The van der Waals surface area contributed by atoms with E-state index in [1.807, 2.05) is 0 Å². The molecule has 0 amide bonds. The molecule has 1 fully saturated rings. The Morgan fingerprint density at radius 3 is 2.55 bits per heavy atom. The van der Waals surface area contributed by atoms with E-state index in [4.69, 9.17) is 0 Å². The molecular weight excluding hydrogens is 284 g/mol. The molecule has 1 saturated heterocycles. The van der Waals surface area contributed by atoms with Gasteiger partial charge in [0.1, 0.15) is 6.04 Å². The van der Waals surface area contributed by atoms with Crippen molar-refractivity contribution in [3.05, 3.63) is 27.7 Å². The first-order valence-electron chi connectivity index (χ1n) is 7.70. The number of likely N-dealkylation sites (tertiary alicyclic amines) is 1. The Bertz CT molecular complexity index is 615. The number of hydrogen-bond acceptors (Lipinski definition) is 4. The minimum Gasteiger partial charge on any atom is -0.503 e. The standard InChI is InChI=1S/C16H24N2O4/c1-10-4-6-17(7-5-10)9-13-15(20)14(19)8-11(2)18(13)12(3)16(21)22/h8,10,12,20H,4-7,9H2,1-3H3,(H,21,22). The zero-order valence-corrected chi connectivity index (χ0v) is 13.4. The van der Waals surface area contributed by atoms with E-state index >= 15 is 0 Å². The number of aryl methyl sites for hydroxylation is 1. The Labute approximate surface area is 130 Å². The molecule has 0 spiro atoms. The predicted octanol–water partition coefficient (Wildman–Crippen LogP) is 1.74. The minimum absolute atomic E-state index is 0.336. The molecular formula is C16H24N2O4. The summed E-state index contributed by atoms with van der Waals surface area (Å²) in [6.07, 6.45) is 2.15. The molecule has 2 heterocycles. The number of hydrogen-bond donors (Lipinski definition) is 2. The summed E-state index contributed by atoms with van der Waals surface area (Å²) in [5, 5.41) is 19.5. The third-order valence-electron chi connectivity index (χ3n) is 4.51. The van der Waals surface area contributed by atoms with Gasteiger partial charge in [-0.15, -0.1) is 0 Å². The van der Waals surface area contributed by atoms with Crippen LogP contribution in [0.2, 0.25) is 0 Å². The van der Waals surface area contributed by atoms with Gasteiger partial charge < -0.3 is 14.8 Å². The highest BCUT2D eigenvalue weighted by Crippen LogP contribution is 2.24. The van der Waals surface area contributed by atoms with Crippen molar-refractivity contribution in [3.8, 4) is 5.75 Å². The number of carboxylic acids is 1. The number of aromatic hydroxyl groups is 1. The van der Waals surface area contributed by atoms with E-state index < -0.39 is 17.4 Å². The van der Waals surface area contributed by atoms with Crippen molar-refractivity contribution in [2.45, 2.75) is 46.2 Å². The van der Waals surface area contributed by atoms with E-state index in [1.165, 1.54) is 6.07 Å². The van der Waals surface area contributed by atoms with E-state index in [2.05, 4.69) is 11.8 Å². The smallest absolute Gasteiger partial charge is 0.326 e. The van der Waals surface area contributed by atoms with Gasteiger partial charge in [-0.05, 0) is 45.7 Å². The fraction of sp³-hybridized carbons (Fsp3) is 0.625. The Kier molecular flexibility index (Phi) is 4.90. The molecule has 2 rings (SSSR count). The third-order valence-corrected chi connectivity index (χ3v) is 4.51. The number of aliphatic carboxylic acids is 1. The Balaban J connectivity index is 2.39. The fourth-order valence-corrected chi connectivity index (χ4v) is 3.03. The molecule has 2 N–H and O–H groups in total. The average Bonchev–Trinajstić information content (AvgIpc) is 2.46. The predicted molar refractivity (Wildman–Crippen MR) is 83.1 cm³/mol. The van der Waals surface area contributed by atoms with Crippen molar-refractivity contribution < 1.29 is 15.0 Å². The number of rotatable bonds is 4. The lowest BCUT2D eigenvalue weighted by atomic mass is 9.99. The van der Waals surface area contributed by atoms with E-state index in [1.54, 1.807) is 18.4 Å². The van der Waals surface area contributed by atoms with Gasteiger partial charge in [0.25, 0.3) is 0 Å². The van der Waals surface area contributed by atoms with Crippen molar-refractivity contribution in [3.63, 3.8) is 0 Å². The molecule has 0 saturated carbocycles. The van der Waals surface area contributed by atoms with Crippen LogP contribution in [0.25, 0.3) is 0 Å². The second-order valence-corrected chi connectivity index (χ2v) is 6.29. The molecule has 6 heteroatoms. The highest BCUT2D eigenvalue weighted by molar-refractivity contribution is 5.71. The summed E-state index contributed by atoms with van der Waals surface area (Å²) in [5.74, 6) is -0.639. The quantitative estimate of drug-likeness (QED) is 0.885. The van der Waals surface area contributed by atoms with E-state index in [-0.39, 0.29) is 5.75 Å². The molecule has 1 aromatic heterocycles. The SMILES string of the molecule is Cc1cc(=O)c(O)c(CN2CCC(C)CC2)n1C(C)C(=O)O.